The van der Waals surface area contributed by atoms with E-state index in [1.54, 1.807) is 7.05 Å². The highest BCUT2D eigenvalue weighted by molar-refractivity contribution is 5.81. The van der Waals surface area contributed by atoms with Crippen LogP contribution in [-0.2, 0) is 14.3 Å². The van der Waals surface area contributed by atoms with Gasteiger partial charge in [0.1, 0.15) is 0 Å². The molecule has 2 rings (SSSR count). The lowest BCUT2D eigenvalue weighted by Crippen LogP contribution is -2.45. The predicted octanol–water partition coefficient (Wildman–Crippen LogP) is 2.07. The second-order valence-electron chi connectivity index (χ2n) is 7.63. The van der Waals surface area contributed by atoms with E-state index in [2.05, 4.69) is 20.4 Å². The zero-order valence-electron chi connectivity index (χ0n) is 17.0. The molecule has 2 fully saturated rings. The molecule has 2 aliphatic rings. The van der Waals surface area contributed by atoms with Crippen LogP contribution in [-0.4, -0.2) is 62.6 Å². The number of rotatable bonds is 8. The van der Waals surface area contributed by atoms with Crippen molar-refractivity contribution in [2.45, 2.75) is 70.3 Å². The number of ether oxygens (including phenoxy) is 1. The number of methoxy groups -OCH3 is 1. The van der Waals surface area contributed by atoms with Gasteiger partial charge in [0.15, 0.2) is 5.96 Å². The molecule has 1 aliphatic heterocycles. The fourth-order valence-corrected chi connectivity index (χ4v) is 3.95. The van der Waals surface area contributed by atoms with Gasteiger partial charge in [0.2, 0.25) is 5.91 Å². The molecule has 7 nitrogen and oxygen atoms in total. The number of amides is 1. The molecule has 0 aromatic rings. The Morgan fingerprint density at radius 3 is 2.59 bits per heavy atom. The van der Waals surface area contributed by atoms with E-state index in [-0.39, 0.29) is 17.9 Å². The Morgan fingerprint density at radius 2 is 1.89 bits per heavy atom. The Hall–Kier alpha value is -1.79. The number of unbranched alkanes of at least 4 members (excludes halogenated alkanes) is 2. The van der Waals surface area contributed by atoms with Gasteiger partial charge in [0.25, 0.3) is 0 Å². The van der Waals surface area contributed by atoms with Crippen LogP contribution in [0.4, 0.5) is 0 Å². The molecule has 0 aromatic heterocycles. The van der Waals surface area contributed by atoms with Crippen LogP contribution in [0, 0.1) is 5.92 Å². The summed E-state index contributed by atoms with van der Waals surface area (Å²) in [6, 6.07) is 0.267. The number of carbonyl (C=O) groups excluding carboxylic acids is 2. The number of esters is 1. The van der Waals surface area contributed by atoms with E-state index in [4.69, 9.17) is 0 Å². The lowest BCUT2D eigenvalue weighted by atomic mass is 9.88. The number of nitrogens with zero attached hydrogens (tertiary/aromatic N) is 2. The molecule has 7 heteroatoms. The SMILES string of the molecule is CN=C(NCCCCCC(=O)OC)NC1CCN(C(=O)C2CCCCC2)C1. The molecule has 1 aliphatic carbocycles. The fraction of sp³-hybridized carbons (Fsp3) is 0.850. The molecular weight excluding hydrogens is 344 g/mol. The first-order valence-electron chi connectivity index (χ1n) is 10.5. The summed E-state index contributed by atoms with van der Waals surface area (Å²) < 4.78 is 4.64. The summed E-state index contributed by atoms with van der Waals surface area (Å²) in [5.74, 6) is 1.25. The maximum atomic E-state index is 12.7. The monoisotopic (exact) mass is 380 g/mol. The third-order valence-electron chi connectivity index (χ3n) is 5.60. The number of likely N-dealkylation sites (tertiary alicyclic amines) is 1. The quantitative estimate of drug-likeness (QED) is 0.291. The zero-order valence-corrected chi connectivity index (χ0v) is 17.0. The van der Waals surface area contributed by atoms with Crippen molar-refractivity contribution in [1.82, 2.24) is 15.5 Å². The van der Waals surface area contributed by atoms with Crippen LogP contribution in [0.5, 0.6) is 0 Å². The molecule has 1 atom stereocenters. The number of aliphatic imine (C=N–C) groups is 1. The Labute approximate surface area is 163 Å². The summed E-state index contributed by atoms with van der Waals surface area (Å²) >= 11 is 0. The van der Waals surface area contributed by atoms with Crippen molar-refractivity contribution < 1.29 is 14.3 Å². The Bertz CT molecular complexity index is 503. The Morgan fingerprint density at radius 1 is 1.11 bits per heavy atom. The van der Waals surface area contributed by atoms with Crippen molar-refractivity contribution in [3.63, 3.8) is 0 Å². The molecule has 0 aromatic carbocycles. The second-order valence-corrected chi connectivity index (χ2v) is 7.63. The number of guanidine groups is 1. The van der Waals surface area contributed by atoms with E-state index in [0.29, 0.717) is 12.3 Å². The molecule has 1 unspecified atom stereocenters. The minimum atomic E-state index is -0.144. The van der Waals surface area contributed by atoms with Gasteiger partial charge < -0.3 is 20.3 Å². The highest BCUT2D eigenvalue weighted by Crippen LogP contribution is 2.26. The number of hydrogen-bond acceptors (Lipinski definition) is 4. The summed E-state index contributed by atoms with van der Waals surface area (Å²) in [5, 5.41) is 6.77. The van der Waals surface area contributed by atoms with Gasteiger partial charge in [0.05, 0.1) is 7.11 Å². The molecule has 2 N–H and O–H groups in total. The van der Waals surface area contributed by atoms with Gasteiger partial charge in [-0.1, -0.05) is 25.7 Å². The molecule has 154 valence electrons. The van der Waals surface area contributed by atoms with Crippen LogP contribution in [0.1, 0.15) is 64.2 Å². The zero-order chi connectivity index (χ0) is 19.5. The Balaban J connectivity index is 1.62. The summed E-state index contributed by atoms with van der Waals surface area (Å²) in [7, 11) is 3.19. The molecular formula is C20H36N4O3. The van der Waals surface area contributed by atoms with Gasteiger partial charge in [-0.3, -0.25) is 14.6 Å². The molecule has 0 bridgehead atoms. The minimum Gasteiger partial charge on any atom is -0.469 e. The van der Waals surface area contributed by atoms with Crippen LogP contribution in [0.3, 0.4) is 0 Å². The van der Waals surface area contributed by atoms with E-state index < -0.39 is 0 Å². The first-order valence-corrected chi connectivity index (χ1v) is 10.5. The van der Waals surface area contributed by atoms with Crippen molar-refractivity contribution >= 4 is 17.8 Å². The smallest absolute Gasteiger partial charge is 0.305 e. The lowest BCUT2D eigenvalue weighted by molar-refractivity contribution is -0.140. The lowest BCUT2D eigenvalue weighted by Gasteiger charge is -2.26. The van der Waals surface area contributed by atoms with E-state index in [0.717, 1.165) is 64.1 Å². The number of hydrogen-bond donors (Lipinski definition) is 2. The molecule has 1 saturated heterocycles. The van der Waals surface area contributed by atoms with Gasteiger partial charge in [-0.05, 0) is 32.1 Å². The maximum absolute atomic E-state index is 12.7. The third-order valence-corrected chi connectivity index (χ3v) is 5.60. The van der Waals surface area contributed by atoms with Crippen molar-refractivity contribution in [2.75, 3.05) is 33.8 Å². The maximum Gasteiger partial charge on any atom is 0.305 e. The van der Waals surface area contributed by atoms with Gasteiger partial charge >= 0.3 is 5.97 Å². The summed E-state index contributed by atoms with van der Waals surface area (Å²) in [6.07, 6.45) is 10.1. The van der Waals surface area contributed by atoms with E-state index >= 15 is 0 Å². The summed E-state index contributed by atoms with van der Waals surface area (Å²) in [6.45, 7) is 2.44. The average molecular weight is 381 g/mol. The predicted molar refractivity (Wildman–Crippen MR) is 107 cm³/mol. The van der Waals surface area contributed by atoms with Gasteiger partial charge in [-0.25, -0.2) is 0 Å². The molecule has 1 heterocycles. The fourth-order valence-electron chi connectivity index (χ4n) is 3.95. The van der Waals surface area contributed by atoms with E-state index in [9.17, 15) is 9.59 Å². The van der Waals surface area contributed by atoms with E-state index in [1.165, 1.54) is 26.4 Å². The molecule has 1 saturated carbocycles. The second kappa shape index (κ2) is 11.8. The van der Waals surface area contributed by atoms with Crippen molar-refractivity contribution in [2.24, 2.45) is 10.9 Å². The molecule has 0 spiro atoms. The van der Waals surface area contributed by atoms with Crippen LogP contribution in [0.25, 0.3) is 0 Å². The van der Waals surface area contributed by atoms with Crippen LogP contribution >= 0.6 is 0 Å². The van der Waals surface area contributed by atoms with E-state index in [1.807, 2.05) is 4.90 Å². The van der Waals surface area contributed by atoms with Gasteiger partial charge in [-0.15, -0.1) is 0 Å². The molecule has 27 heavy (non-hydrogen) atoms. The van der Waals surface area contributed by atoms with Gasteiger partial charge in [-0.2, -0.15) is 0 Å². The number of carbonyl (C=O) groups is 2. The third kappa shape index (κ3) is 7.39. The average Bonchev–Trinajstić information content (AvgIpc) is 3.17. The number of nitrogens with one attached hydrogen (secondary N) is 2. The first kappa shape index (κ1) is 21.5. The first-order chi connectivity index (χ1) is 13.1. The summed E-state index contributed by atoms with van der Waals surface area (Å²) in [4.78, 5) is 30.1. The van der Waals surface area contributed by atoms with Crippen LogP contribution in [0.15, 0.2) is 4.99 Å². The normalized spacial score (nSPS) is 21.2. The molecule has 0 radical (unpaired) electrons. The van der Waals surface area contributed by atoms with Crippen molar-refractivity contribution in [3.8, 4) is 0 Å². The summed E-state index contributed by atoms with van der Waals surface area (Å²) in [5.41, 5.74) is 0. The Kier molecular flexibility index (Phi) is 9.42. The standard InChI is InChI=1S/C20H36N4O3/c1-21-20(22-13-8-4-7-11-18(25)27-2)23-17-12-14-24(15-17)19(26)16-9-5-3-6-10-16/h16-17H,3-15H2,1-2H3,(H2,21,22,23). The van der Waals surface area contributed by atoms with Gasteiger partial charge in [0, 0.05) is 45.1 Å². The van der Waals surface area contributed by atoms with Crippen LogP contribution < -0.4 is 10.6 Å². The van der Waals surface area contributed by atoms with Crippen molar-refractivity contribution in [1.29, 1.82) is 0 Å². The van der Waals surface area contributed by atoms with Crippen molar-refractivity contribution in [3.05, 3.63) is 0 Å². The highest BCUT2D eigenvalue weighted by atomic mass is 16.5. The highest BCUT2D eigenvalue weighted by Gasteiger charge is 2.31. The largest absolute Gasteiger partial charge is 0.469 e. The van der Waals surface area contributed by atoms with Crippen LogP contribution in [0.2, 0.25) is 0 Å². The topological polar surface area (TPSA) is 83.0 Å². The minimum absolute atomic E-state index is 0.144. The molecule has 1 amide bonds.